The molecule has 0 aromatic heterocycles. The number of hydrogen-bond donors (Lipinski definition) is 4. The first kappa shape index (κ1) is 23.3. The van der Waals surface area contributed by atoms with Gasteiger partial charge in [0.2, 0.25) is 0 Å². The lowest BCUT2D eigenvalue weighted by molar-refractivity contribution is -0.0510. The Morgan fingerprint density at radius 3 is 1.37 bits per heavy atom. The van der Waals surface area contributed by atoms with Crippen LogP contribution in [0.5, 0.6) is 0 Å². The predicted molar refractivity (Wildman–Crippen MR) is 90.4 cm³/mol. The fourth-order valence-corrected chi connectivity index (χ4v) is 2.78. The average molecular weight is 428 g/mol. The molecule has 12 heteroatoms. The van der Waals surface area contributed by atoms with Gasteiger partial charge >= 0.3 is 23.2 Å². The fourth-order valence-electron chi connectivity index (χ4n) is 2.05. The molecule has 2 rings (SSSR count). The van der Waals surface area contributed by atoms with Crippen LogP contribution in [-0.2, 0) is 14.7 Å². The average Bonchev–Trinajstić information content (AvgIpc) is 2.55. The molecule has 4 N–H and O–H groups in total. The fraction of sp³-hybridized carbons (Fsp3) is 0.200. The standard InChI is InChI=1S/C14H15O4P.CHF3O3S/c15-14(19(16,17)18)13(11-7-3-1-4-8-11)12-9-5-2-6-10-12;2-1(3,4)8(5,6)7/h1-10,13-15H,(H2,16,17,18);(H,5,6,7). The van der Waals surface area contributed by atoms with Crippen molar-refractivity contribution in [2.45, 2.75) is 17.3 Å². The number of alkyl halides is 3. The van der Waals surface area contributed by atoms with Gasteiger partial charge in [0.05, 0.1) is 0 Å². The highest BCUT2D eigenvalue weighted by atomic mass is 32.2. The molecule has 0 amide bonds. The molecular weight excluding hydrogens is 412 g/mol. The maximum absolute atomic E-state index is 11.4. The molecule has 1 atom stereocenters. The summed E-state index contributed by atoms with van der Waals surface area (Å²) in [4.78, 5) is 18.5. The summed E-state index contributed by atoms with van der Waals surface area (Å²) in [5.41, 5.74) is -4.19. The van der Waals surface area contributed by atoms with Crippen LogP contribution in [0.3, 0.4) is 0 Å². The first-order valence-electron chi connectivity index (χ1n) is 7.12. The van der Waals surface area contributed by atoms with Gasteiger partial charge in [-0.3, -0.25) is 9.12 Å². The molecule has 0 radical (unpaired) electrons. The molecule has 0 aliphatic rings. The van der Waals surface area contributed by atoms with E-state index in [9.17, 15) is 32.6 Å². The highest BCUT2D eigenvalue weighted by Crippen LogP contribution is 2.48. The Morgan fingerprint density at radius 2 is 1.15 bits per heavy atom. The molecule has 150 valence electrons. The van der Waals surface area contributed by atoms with Gasteiger partial charge < -0.3 is 14.9 Å². The zero-order valence-corrected chi connectivity index (χ0v) is 15.1. The summed E-state index contributed by atoms with van der Waals surface area (Å²) in [5, 5.41) is 9.99. The van der Waals surface area contributed by atoms with Crippen LogP contribution >= 0.6 is 7.60 Å². The van der Waals surface area contributed by atoms with Gasteiger partial charge in [0, 0.05) is 5.92 Å². The van der Waals surface area contributed by atoms with Gasteiger partial charge in [-0.05, 0) is 11.1 Å². The molecule has 0 saturated carbocycles. The minimum absolute atomic E-state index is 0.671. The minimum atomic E-state index is -5.84. The van der Waals surface area contributed by atoms with E-state index in [-0.39, 0.29) is 0 Å². The molecule has 0 fully saturated rings. The van der Waals surface area contributed by atoms with Crippen LogP contribution in [0.4, 0.5) is 13.2 Å². The van der Waals surface area contributed by atoms with Crippen molar-refractivity contribution < 1.29 is 45.6 Å². The minimum Gasteiger partial charge on any atom is -0.380 e. The normalized spacial score (nSPS) is 13.6. The third-order valence-corrected chi connectivity index (χ3v) is 4.82. The van der Waals surface area contributed by atoms with Crippen molar-refractivity contribution in [2.75, 3.05) is 0 Å². The van der Waals surface area contributed by atoms with Crippen LogP contribution in [0, 0.1) is 0 Å². The number of aliphatic hydroxyl groups excluding tert-OH is 1. The second kappa shape index (κ2) is 8.96. The Morgan fingerprint density at radius 1 is 0.852 bits per heavy atom. The Bertz CT molecular complexity index is 828. The van der Waals surface area contributed by atoms with E-state index >= 15 is 0 Å². The van der Waals surface area contributed by atoms with E-state index in [4.69, 9.17) is 13.0 Å². The molecular formula is C15H16F3O7PS. The van der Waals surface area contributed by atoms with Gasteiger partial charge in [-0.25, -0.2) is 0 Å². The van der Waals surface area contributed by atoms with Gasteiger partial charge in [0.1, 0.15) is 0 Å². The maximum atomic E-state index is 11.4. The largest absolute Gasteiger partial charge is 0.522 e. The first-order valence-corrected chi connectivity index (χ1v) is 10.2. The lowest BCUT2D eigenvalue weighted by Crippen LogP contribution is -2.21. The number of hydrogen-bond acceptors (Lipinski definition) is 4. The van der Waals surface area contributed by atoms with Crippen molar-refractivity contribution in [3.63, 3.8) is 0 Å². The van der Waals surface area contributed by atoms with Crippen LogP contribution < -0.4 is 0 Å². The van der Waals surface area contributed by atoms with Crippen molar-refractivity contribution in [3.8, 4) is 0 Å². The van der Waals surface area contributed by atoms with Gasteiger partial charge in [-0.1, -0.05) is 60.7 Å². The van der Waals surface area contributed by atoms with Gasteiger partial charge in [-0.15, -0.1) is 0 Å². The zero-order chi connectivity index (χ0) is 20.9. The van der Waals surface area contributed by atoms with Crippen molar-refractivity contribution in [3.05, 3.63) is 71.8 Å². The molecule has 27 heavy (non-hydrogen) atoms. The van der Waals surface area contributed by atoms with E-state index in [1.165, 1.54) is 0 Å². The highest BCUT2D eigenvalue weighted by Gasteiger charge is 2.44. The quantitative estimate of drug-likeness (QED) is 0.334. The van der Waals surface area contributed by atoms with E-state index in [1.807, 2.05) is 12.1 Å². The van der Waals surface area contributed by atoms with Crippen LogP contribution in [0.2, 0.25) is 0 Å². The molecule has 0 saturated heterocycles. The van der Waals surface area contributed by atoms with Gasteiger partial charge in [0.15, 0.2) is 5.85 Å². The molecule has 0 aliphatic heterocycles. The van der Waals surface area contributed by atoms with Gasteiger partial charge in [-0.2, -0.15) is 21.6 Å². The number of benzene rings is 2. The molecule has 2 aromatic carbocycles. The van der Waals surface area contributed by atoms with Crippen molar-refractivity contribution in [2.24, 2.45) is 0 Å². The third-order valence-electron chi connectivity index (χ3n) is 3.25. The van der Waals surface area contributed by atoms with E-state index in [1.54, 1.807) is 48.5 Å². The number of aliphatic hydroxyl groups is 1. The van der Waals surface area contributed by atoms with Crippen LogP contribution in [-0.4, -0.2) is 39.2 Å². The van der Waals surface area contributed by atoms with E-state index in [0.717, 1.165) is 0 Å². The summed E-state index contributed by atoms with van der Waals surface area (Å²) < 4.78 is 68.9. The van der Waals surface area contributed by atoms with Crippen molar-refractivity contribution >= 4 is 17.7 Å². The van der Waals surface area contributed by atoms with Crippen molar-refractivity contribution in [1.82, 2.24) is 0 Å². The monoisotopic (exact) mass is 428 g/mol. The van der Waals surface area contributed by atoms with Gasteiger partial charge in [0.25, 0.3) is 0 Å². The van der Waals surface area contributed by atoms with Crippen LogP contribution in [0.1, 0.15) is 17.0 Å². The van der Waals surface area contributed by atoms with E-state index in [2.05, 4.69) is 0 Å². The summed E-state index contributed by atoms with van der Waals surface area (Å²) in [6.45, 7) is 0. The Kier molecular flexibility index (Phi) is 7.73. The van der Waals surface area contributed by atoms with Crippen LogP contribution in [0.25, 0.3) is 0 Å². The smallest absolute Gasteiger partial charge is 0.380 e. The molecule has 7 nitrogen and oxygen atoms in total. The lowest BCUT2D eigenvalue weighted by Gasteiger charge is -2.24. The lowest BCUT2D eigenvalue weighted by atomic mass is 9.92. The summed E-state index contributed by atoms with van der Waals surface area (Å²) in [5.74, 6) is -2.50. The third kappa shape index (κ3) is 7.06. The van der Waals surface area contributed by atoms with E-state index in [0.29, 0.717) is 11.1 Å². The Balaban J connectivity index is 0.000000387. The molecule has 0 spiro atoms. The predicted octanol–water partition coefficient (Wildman–Crippen LogP) is 2.71. The summed E-state index contributed by atoms with van der Waals surface area (Å²) in [7, 11) is -10.4. The molecule has 0 bridgehead atoms. The van der Waals surface area contributed by atoms with E-state index < -0.39 is 35.0 Å². The molecule has 0 heterocycles. The number of halogens is 3. The Labute approximate surface area is 153 Å². The highest BCUT2D eigenvalue weighted by molar-refractivity contribution is 7.86. The molecule has 1 unspecified atom stereocenters. The SMILES string of the molecule is O=P(O)(O)C(O)C(c1ccccc1)c1ccccc1.O=S(=O)(O)C(F)(F)F. The topological polar surface area (TPSA) is 132 Å². The summed E-state index contributed by atoms with van der Waals surface area (Å²) >= 11 is 0. The summed E-state index contributed by atoms with van der Waals surface area (Å²) in [6, 6.07) is 17.7. The second-order valence-corrected chi connectivity index (χ2v) is 8.34. The summed E-state index contributed by atoms with van der Waals surface area (Å²) in [6.07, 6.45) is 0. The number of rotatable bonds is 4. The van der Waals surface area contributed by atoms with Crippen LogP contribution in [0.15, 0.2) is 60.7 Å². The second-order valence-electron chi connectivity index (χ2n) is 5.22. The zero-order valence-electron chi connectivity index (χ0n) is 13.4. The molecule has 0 aliphatic carbocycles. The van der Waals surface area contributed by atoms with Crippen molar-refractivity contribution in [1.29, 1.82) is 0 Å². The maximum Gasteiger partial charge on any atom is 0.522 e. The Hall–Kier alpha value is -1.75. The molecule has 2 aromatic rings. The first-order chi connectivity index (χ1) is 12.2.